The second-order valence-corrected chi connectivity index (χ2v) is 5.15. The van der Waals surface area contributed by atoms with Crippen LogP contribution in [0, 0.1) is 5.92 Å². The minimum Gasteiger partial charge on any atom is -0.463 e. The van der Waals surface area contributed by atoms with Gasteiger partial charge in [0.05, 0.1) is 12.5 Å². The zero-order chi connectivity index (χ0) is 14.5. The summed E-state index contributed by atoms with van der Waals surface area (Å²) in [5.41, 5.74) is 0. The molecule has 114 valence electrons. The monoisotopic (exact) mass is 274 g/mol. The summed E-state index contributed by atoms with van der Waals surface area (Å²) >= 11 is 0. The normalized spacial score (nSPS) is 14.1. The maximum Gasteiger partial charge on any atom is 0.309 e. The number of unbranched alkanes of at least 4 members (excludes halogenated alkanes) is 4. The Morgan fingerprint density at radius 3 is 2.26 bits per heavy atom. The molecular weight excluding hydrogens is 244 g/mol. The summed E-state index contributed by atoms with van der Waals surface area (Å²) < 4.78 is 5.06. The van der Waals surface area contributed by atoms with Crippen molar-refractivity contribution in [3.63, 3.8) is 0 Å². The molecule has 0 aliphatic heterocycles. The number of aliphatic hydroxyl groups excluding tert-OH is 2. The number of rotatable bonds is 12. The molecule has 0 radical (unpaired) electrons. The number of carbonyl (C=O) groups excluding carboxylic acids is 1. The molecule has 0 aromatic carbocycles. The predicted molar refractivity (Wildman–Crippen MR) is 75.8 cm³/mol. The molecule has 0 aromatic heterocycles. The molecule has 2 atom stereocenters. The van der Waals surface area contributed by atoms with Gasteiger partial charge in [-0.1, -0.05) is 52.4 Å². The van der Waals surface area contributed by atoms with Crippen molar-refractivity contribution in [1.29, 1.82) is 0 Å². The molecule has 4 nitrogen and oxygen atoms in total. The third kappa shape index (κ3) is 9.91. The Balaban J connectivity index is 4.03. The van der Waals surface area contributed by atoms with Gasteiger partial charge >= 0.3 is 5.97 Å². The van der Waals surface area contributed by atoms with Crippen molar-refractivity contribution in [3.05, 3.63) is 0 Å². The van der Waals surface area contributed by atoms with Gasteiger partial charge in [-0.3, -0.25) is 4.79 Å². The van der Waals surface area contributed by atoms with Crippen molar-refractivity contribution in [3.8, 4) is 0 Å². The number of esters is 1. The van der Waals surface area contributed by atoms with Crippen LogP contribution < -0.4 is 0 Å². The van der Waals surface area contributed by atoms with E-state index in [1.165, 1.54) is 12.8 Å². The Bertz CT molecular complexity index is 218. The molecule has 4 heteroatoms. The van der Waals surface area contributed by atoms with Crippen molar-refractivity contribution >= 4 is 5.97 Å². The van der Waals surface area contributed by atoms with E-state index in [-0.39, 0.29) is 25.1 Å². The lowest BCUT2D eigenvalue weighted by molar-refractivity contribution is -0.152. The maximum atomic E-state index is 11.9. The Hall–Kier alpha value is -0.610. The van der Waals surface area contributed by atoms with Gasteiger partial charge in [0.15, 0.2) is 0 Å². The lowest BCUT2D eigenvalue weighted by Crippen LogP contribution is -2.25. The van der Waals surface area contributed by atoms with Crippen molar-refractivity contribution in [2.75, 3.05) is 13.2 Å². The van der Waals surface area contributed by atoms with Gasteiger partial charge < -0.3 is 14.9 Å². The Labute approximate surface area is 117 Å². The fourth-order valence-electron chi connectivity index (χ4n) is 2.00. The van der Waals surface area contributed by atoms with Crippen LogP contribution in [0.15, 0.2) is 0 Å². The second-order valence-electron chi connectivity index (χ2n) is 5.15. The Kier molecular flexibility index (Phi) is 12.0. The SMILES string of the molecule is CCCCCCC(CCCC)C(=O)OCC(O)CO. The van der Waals surface area contributed by atoms with Crippen LogP contribution in [0.1, 0.15) is 65.2 Å². The molecular formula is C15H30O4. The van der Waals surface area contributed by atoms with E-state index in [1.807, 2.05) is 0 Å². The minimum atomic E-state index is -0.962. The van der Waals surface area contributed by atoms with E-state index in [0.717, 1.165) is 38.5 Å². The average Bonchev–Trinajstić information content (AvgIpc) is 2.43. The van der Waals surface area contributed by atoms with Crippen LogP contribution in [0.2, 0.25) is 0 Å². The van der Waals surface area contributed by atoms with Crippen molar-refractivity contribution in [2.45, 2.75) is 71.3 Å². The van der Waals surface area contributed by atoms with Crippen molar-refractivity contribution in [1.82, 2.24) is 0 Å². The second kappa shape index (κ2) is 12.4. The molecule has 2 N–H and O–H groups in total. The summed E-state index contributed by atoms with van der Waals surface area (Å²) in [6, 6.07) is 0. The number of hydrogen-bond donors (Lipinski definition) is 2. The van der Waals surface area contributed by atoms with Crippen molar-refractivity contribution < 1.29 is 19.7 Å². The lowest BCUT2D eigenvalue weighted by Gasteiger charge is -2.16. The van der Waals surface area contributed by atoms with Gasteiger partial charge in [-0.2, -0.15) is 0 Å². The third-order valence-electron chi connectivity index (χ3n) is 3.27. The number of hydrogen-bond acceptors (Lipinski definition) is 4. The zero-order valence-corrected chi connectivity index (χ0v) is 12.4. The minimum absolute atomic E-state index is 0.0531. The van der Waals surface area contributed by atoms with Gasteiger partial charge in [-0.15, -0.1) is 0 Å². The van der Waals surface area contributed by atoms with Crippen LogP contribution in [-0.2, 0) is 9.53 Å². The lowest BCUT2D eigenvalue weighted by atomic mass is 9.95. The van der Waals surface area contributed by atoms with Gasteiger partial charge in [-0.05, 0) is 12.8 Å². The summed E-state index contributed by atoms with van der Waals surface area (Å²) in [5.74, 6) is -0.278. The average molecular weight is 274 g/mol. The molecule has 0 saturated heterocycles. The molecule has 0 bridgehead atoms. The van der Waals surface area contributed by atoms with Crippen LogP contribution in [-0.4, -0.2) is 35.5 Å². The topological polar surface area (TPSA) is 66.8 Å². The summed E-state index contributed by atoms with van der Waals surface area (Å²) in [5, 5.41) is 17.9. The van der Waals surface area contributed by atoms with E-state index in [0.29, 0.717) is 0 Å². The van der Waals surface area contributed by atoms with Crippen LogP contribution in [0.5, 0.6) is 0 Å². The third-order valence-corrected chi connectivity index (χ3v) is 3.27. The van der Waals surface area contributed by atoms with E-state index in [1.54, 1.807) is 0 Å². The van der Waals surface area contributed by atoms with E-state index >= 15 is 0 Å². The highest BCUT2D eigenvalue weighted by Crippen LogP contribution is 2.19. The fourth-order valence-corrected chi connectivity index (χ4v) is 2.00. The molecule has 0 fully saturated rings. The highest BCUT2D eigenvalue weighted by atomic mass is 16.5. The molecule has 0 rings (SSSR count). The van der Waals surface area contributed by atoms with Crippen LogP contribution >= 0.6 is 0 Å². The van der Waals surface area contributed by atoms with Crippen LogP contribution in [0.4, 0.5) is 0 Å². The highest BCUT2D eigenvalue weighted by molar-refractivity contribution is 5.72. The maximum absolute atomic E-state index is 11.9. The fraction of sp³-hybridized carbons (Fsp3) is 0.933. The first-order valence-corrected chi connectivity index (χ1v) is 7.61. The molecule has 2 unspecified atom stereocenters. The van der Waals surface area contributed by atoms with Gasteiger partial charge in [0, 0.05) is 0 Å². The number of aliphatic hydroxyl groups is 2. The Morgan fingerprint density at radius 2 is 1.68 bits per heavy atom. The standard InChI is InChI=1S/C15H30O4/c1-3-5-7-8-10-13(9-6-4-2)15(18)19-12-14(17)11-16/h13-14,16-17H,3-12H2,1-2H3. The van der Waals surface area contributed by atoms with Crippen LogP contribution in [0.25, 0.3) is 0 Å². The van der Waals surface area contributed by atoms with Gasteiger partial charge in [0.25, 0.3) is 0 Å². The number of carbonyl (C=O) groups is 1. The van der Waals surface area contributed by atoms with Crippen molar-refractivity contribution in [2.24, 2.45) is 5.92 Å². The molecule has 0 saturated carbocycles. The molecule has 19 heavy (non-hydrogen) atoms. The van der Waals surface area contributed by atoms with E-state index < -0.39 is 6.10 Å². The molecule has 0 aliphatic rings. The van der Waals surface area contributed by atoms with E-state index in [9.17, 15) is 9.90 Å². The number of ether oxygens (including phenoxy) is 1. The largest absolute Gasteiger partial charge is 0.463 e. The first kappa shape index (κ1) is 18.4. The zero-order valence-electron chi connectivity index (χ0n) is 12.4. The van der Waals surface area contributed by atoms with Gasteiger partial charge in [0.2, 0.25) is 0 Å². The van der Waals surface area contributed by atoms with E-state index in [4.69, 9.17) is 9.84 Å². The molecule has 0 aromatic rings. The molecule has 0 amide bonds. The summed E-state index contributed by atoms with van der Waals surface area (Å²) in [6.45, 7) is 3.80. The van der Waals surface area contributed by atoms with E-state index in [2.05, 4.69) is 13.8 Å². The smallest absolute Gasteiger partial charge is 0.309 e. The molecule has 0 heterocycles. The van der Waals surface area contributed by atoms with Crippen LogP contribution in [0.3, 0.4) is 0 Å². The summed E-state index contributed by atoms with van der Waals surface area (Å²) in [6.07, 6.45) is 7.46. The highest BCUT2D eigenvalue weighted by Gasteiger charge is 2.20. The van der Waals surface area contributed by atoms with Gasteiger partial charge in [-0.25, -0.2) is 0 Å². The summed E-state index contributed by atoms with van der Waals surface area (Å²) in [4.78, 5) is 11.9. The Morgan fingerprint density at radius 1 is 1.05 bits per heavy atom. The van der Waals surface area contributed by atoms with Gasteiger partial charge in [0.1, 0.15) is 12.7 Å². The first-order valence-electron chi connectivity index (χ1n) is 7.61. The molecule has 0 spiro atoms. The first-order chi connectivity index (χ1) is 9.15. The summed E-state index contributed by atoms with van der Waals surface area (Å²) in [7, 11) is 0. The molecule has 0 aliphatic carbocycles. The predicted octanol–water partition coefficient (Wildman–Crippen LogP) is 2.66. The quantitative estimate of drug-likeness (QED) is 0.424.